The van der Waals surface area contributed by atoms with E-state index in [0.29, 0.717) is 31.0 Å². The highest BCUT2D eigenvalue weighted by Gasteiger charge is 2.33. The molecule has 154 valence electrons. The predicted octanol–water partition coefficient (Wildman–Crippen LogP) is 1.02. The van der Waals surface area contributed by atoms with Gasteiger partial charge >= 0.3 is 0 Å². The van der Waals surface area contributed by atoms with Gasteiger partial charge in [-0.3, -0.25) is 4.79 Å². The summed E-state index contributed by atoms with van der Waals surface area (Å²) >= 11 is 0. The normalized spacial score (nSPS) is 23.0. The number of amides is 1. The average molecular weight is 390 g/mol. The fourth-order valence-electron chi connectivity index (χ4n) is 4.63. The molecule has 0 radical (unpaired) electrons. The number of anilines is 1. The molecule has 3 aliphatic rings. The second kappa shape index (κ2) is 9.05. The number of likely N-dealkylation sites (tertiary alicyclic amines) is 1. The lowest BCUT2D eigenvalue weighted by Crippen LogP contribution is -2.50. The Labute approximate surface area is 166 Å². The quantitative estimate of drug-likeness (QED) is 0.761. The van der Waals surface area contributed by atoms with E-state index in [1.54, 1.807) is 13.4 Å². The lowest BCUT2D eigenvalue weighted by atomic mass is 9.92. The topological polar surface area (TPSA) is 71.0 Å². The number of hydrogen-bond acceptors (Lipinski definition) is 7. The van der Waals surface area contributed by atoms with Crippen molar-refractivity contribution in [2.75, 3.05) is 64.5 Å². The first-order valence-electron chi connectivity index (χ1n) is 10.5. The summed E-state index contributed by atoms with van der Waals surface area (Å²) in [6.45, 7) is 6.94. The Morgan fingerprint density at radius 3 is 2.43 bits per heavy atom. The molecule has 3 fully saturated rings. The number of aromatic nitrogens is 2. The van der Waals surface area contributed by atoms with Crippen molar-refractivity contribution in [2.24, 2.45) is 5.92 Å². The van der Waals surface area contributed by atoms with Crippen LogP contribution in [-0.4, -0.2) is 91.3 Å². The van der Waals surface area contributed by atoms with Gasteiger partial charge in [-0.05, 0) is 38.8 Å². The van der Waals surface area contributed by atoms with Gasteiger partial charge in [0.25, 0.3) is 0 Å². The van der Waals surface area contributed by atoms with Crippen molar-refractivity contribution in [3.8, 4) is 5.88 Å². The lowest BCUT2D eigenvalue weighted by molar-refractivity contribution is -0.141. The Balaban J connectivity index is 1.24. The SMILES string of the molecule is COc1cc(N2CCC(N3CCC(C(=O)N4CCOCC4)CC3)CC2)ncn1. The molecule has 8 heteroatoms. The van der Waals surface area contributed by atoms with Crippen LogP contribution in [0.25, 0.3) is 0 Å². The molecule has 8 nitrogen and oxygen atoms in total. The average Bonchev–Trinajstić information content (AvgIpc) is 2.79. The molecule has 0 unspecified atom stereocenters. The Bertz CT molecular complexity index is 651. The Morgan fingerprint density at radius 2 is 1.75 bits per heavy atom. The summed E-state index contributed by atoms with van der Waals surface area (Å²) in [4.78, 5) is 28.1. The molecule has 0 spiro atoms. The first-order valence-corrected chi connectivity index (χ1v) is 10.5. The highest BCUT2D eigenvalue weighted by molar-refractivity contribution is 5.79. The minimum absolute atomic E-state index is 0.197. The van der Waals surface area contributed by atoms with Gasteiger partial charge in [0.15, 0.2) is 0 Å². The second-order valence-electron chi connectivity index (χ2n) is 7.88. The van der Waals surface area contributed by atoms with Gasteiger partial charge in [0.05, 0.1) is 20.3 Å². The van der Waals surface area contributed by atoms with Crippen LogP contribution in [0.4, 0.5) is 5.82 Å². The maximum Gasteiger partial charge on any atom is 0.225 e. The van der Waals surface area contributed by atoms with Crippen molar-refractivity contribution < 1.29 is 14.3 Å². The fourth-order valence-corrected chi connectivity index (χ4v) is 4.63. The molecule has 0 N–H and O–H groups in total. The predicted molar refractivity (Wildman–Crippen MR) is 106 cm³/mol. The highest BCUT2D eigenvalue weighted by atomic mass is 16.5. The summed E-state index contributed by atoms with van der Waals surface area (Å²) in [6, 6.07) is 2.52. The van der Waals surface area contributed by atoms with Crippen LogP contribution in [0.5, 0.6) is 5.88 Å². The number of ether oxygens (including phenoxy) is 2. The van der Waals surface area contributed by atoms with Crippen LogP contribution in [-0.2, 0) is 9.53 Å². The molecule has 4 rings (SSSR count). The molecule has 3 aliphatic heterocycles. The third-order valence-electron chi connectivity index (χ3n) is 6.34. The number of piperidine rings is 2. The lowest BCUT2D eigenvalue weighted by Gasteiger charge is -2.42. The Hall–Kier alpha value is -1.93. The molecular formula is C20H31N5O3. The minimum Gasteiger partial charge on any atom is -0.481 e. The van der Waals surface area contributed by atoms with Gasteiger partial charge in [-0.1, -0.05) is 0 Å². The largest absolute Gasteiger partial charge is 0.481 e. The maximum absolute atomic E-state index is 12.7. The van der Waals surface area contributed by atoms with Gasteiger partial charge in [0.1, 0.15) is 12.1 Å². The van der Waals surface area contributed by atoms with Crippen molar-refractivity contribution >= 4 is 11.7 Å². The molecule has 0 atom stereocenters. The number of rotatable bonds is 4. The van der Waals surface area contributed by atoms with E-state index in [0.717, 1.165) is 70.8 Å². The molecule has 1 amide bonds. The van der Waals surface area contributed by atoms with Gasteiger partial charge in [-0.25, -0.2) is 9.97 Å². The molecule has 1 aromatic heterocycles. The summed E-state index contributed by atoms with van der Waals surface area (Å²) < 4.78 is 10.6. The molecule has 4 heterocycles. The summed E-state index contributed by atoms with van der Waals surface area (Å²) in [5, 5.41) is 0. The van der Waals surface area contributed by atoms with E-state index in [-0.39, 0.29) is 5.92 Å². The van der Waals surface area contributed by atoms with Gasteiger partial charge < -0.3 is 24.2 Å². The van der Waals surface area contributed by atoms with E-state index in [9.17, 15) is 4.79 Å². The van der Waals surface area contributed by atoms with Crippen molar-refractivity contribution in [3.63, 3.8) is 0 Å². The number of nitrogens with zero attached hydrogens (tertiary/aromatic N) is 5. The summed E-state index contributed by atoms with van der Waals surface area (Å²) in [6.07, 6.45) is 5.80. The Kier molecular flexibility index (Phi) is 6.26. The summed E-state index contributed by atoms with van der Waals surface area (Å²) in [5.41, 5.74) is 0. The van der Waals surface area contributed by atoms with Crippen LogP contribution < -0.4 is 9.64 Å². The fraction of sp³-hybridized carbons (Fsp3) is 0.750. The van der Waals surface area contributed by atoms with Crippen molar-refractivity contribution in [1.82, 2.24) is 19.8 Å². The van der Waals surface area contributed by atoms with Crippen LogP contribution in [0, 0.1) is 5.92 Å². The van der Waals surface area contributed by atoms with Gasteiger partial charge in [0.2, 0.25) is 11.8 Å². The smallest absolute Gasteiger partial charge is 0.225 e. The van der Waals surface area contributed by atoms with Crippen molar-refractivity contribution in [1.29, 1.82) is 0 Å². The molecule has 1 aromatic rings. The molecule has 0 saturated carbocycles. The van der Waals surface area contributed by atoms with Crippen LogP contribution in [0.3, 0.4) is 0 Å². The maximum atomic E-state index is 12.7. The van der Waals surface area contributed by atoms with Gasteiger partial charge in [-0.2, -0.15) is 0 Å². The first-order chi connectivity index (χ1) is 13.7. The van der Waals surface area contributed by atoms with Crippen LogP contribution >= 0.6 is 0 Å². The first kappa shape index (κ1) is 19.4. The van der Waals surface area contributed by atoms with E-state index in [1.165, 1.54) is 0 Å². The third-order valence-corrected chi connectivity index (χ3v) is 6.34. The second-order valence-corrected chi connectivity index (χ2v) is 7.88. The summed E-state index contributed by atoms with van der Waals surface area (Å²) in [5.74, 6) is 2.10. The number of morpholine rings is 1. The number of carbonyl (C=O) groups excluding carboxylic acids is 1. The number of methoxy groups -OCH3 is 1. The molecule has 28 heavy (non-hydrogen) atoms. The Morgan fingerprint density at radius 1 is 1.04 bits per heavy atom. The highest BCUT2D eigenvalue weighted by Crippen LogP contribution is 2.27. The standard InChI is InChI=1S/C20H31N5O3/c1-27-19-14-18(21-15-22-19)24-8-4-17(5-9-24)23-6-2-16(3-7-23)20(26)25-10-12-28-13-11-25/h14-17H,2-13H2,1H3. The molecule has 0 aliphatic carbocycles. The van der Waals surface area contributed by atoms with E-state index in [4.69, 9.17) is 9.47 Å². The zero-order valence-electron chi connectivity index (χ0n) is 16.8. The third kappa shape index (κ3) is 4.38. The molecule has 0 aromatic carbocycles. The van der Waals surface area contributed by atoms with Crippen LogP contribution in [0.1, 0.15) is 25.7 Å². The van der Waals surface area contributed by atoms with Gasteiger partial charge in [-0.15, -0.1) is 0 Å². The zero-order valence-corrected chi connectivity index (χ0v) is 16.8. The number of carbonyl (C=O) groups is 1. The van der Waals surface area contributed by atoms with E-state index < -0.39 is 0 Å². The van der Waals surface area contributed by atoms with Gasteiger partial charge in [0, 0.05) is 44.2 Å². The molecule has 0 bridgehead atoms. The minimum atomic E-state index is 0.197. The molecular weight excluding hydrogens is 358 g/mol. The van der Waals surface area contributed by atoms with Crippen LogP contribution in [0.15, 0.2) is 12.4 Å². The summed E-state index contributed by atoms with van der Waals surface area (Å²) in [7, 11) is 1.63. The van der Waals surface area contributed by atoms with E-state index in [1.807, 2.05) is 11.0 Å². The zero-order chi connectivity index (χ0) is 19.3. The van der Waals surface area contributed by atoms with Crippen molar-refractivity contribution in [3.05, 3.63) is 12.4 Å². The molecule has 3 saturated heterocycles. The van der Waals surface area contributed by atoms with Crippen molar-refractivity contribution in [2.45, 2.75) is 31.7 Å². The van der Waals surface area contributed by atoms with E-state index in [2.05, 4.69) is 19.8 Å². The van der Waals surface area contributed by atoms with Crippen LogP contribution in [0.2, 0.25) is 0 Å². The monoisotopic (exact) mass is 389 g/mol. The van der Waals surface area contributed by atoms with E-state index >= 15 is 0 Å². The number of hydrogen-bond donors (Lipinski definition) is 0.